The van der Waals surface area contributed by atoms with Crippen molar-refractivity contribution >= 4 is 22.6 Å². The van der Waals surface area contributed by atoms with Gasteiger partial charge in [-0.05, 0) is 43.4 Å². The predicted molar refractivity (Wildman–Crippen MR) is 135 cm³/mol. The Balaban J connectivity index is 0.00000294. The van der Waals surface area contributed by atoms with Gasteiger partial charge in [-0.25, -0.2) is 4.98 Å². The molecule has 4 aromatic rings. The Bertz CT molecular complexity index is 1530. The first kappa shape index (κ1) is 26.1. The van der Waals surface area contributed by atoms with E-state index in [0.29, 0.717) is 31.0 Å². The minimum atomic E-state index is -1.31. The fourth-order valence-electron chi connectivity index (χ4n) is 5.46. The predicted octanol–water partition coefficient (Wildman–Crippen LogP) is -0.0452. The van der Waals surface area contributed by atoms with Gasteiger partial charge in [-0.3, -0.25) is 14.8 Å². The monoisotopic (exact) mass is 503 g/mol. The van der Waals surface area contributed by atoms with Gasteiger partial charge in [0.1, 0.15) is 11.9 Å². The zero-order valence-corrected chi connectivity index (χ0v) is 21.7. The molecular weight excluding hydrogens is 477 g/mol. The van der Waals surface area contributed by atoms with E-state index in [1.807, 2.05) is 38.4 Å². The van der Waals surface area contributed by atoms with Crippen LogP contribution >= 0.6 is 0 Å². The number of aromatic carboxylic acids is 1. The van der Waals surface area contributed by atoms with E-state index in [-0.39, 0.29) is 42.4 Å². The number of rotatable bonds is 4. The largest absolute Gasteiger partial charge is 1.00 e. The summed E-state index contributed by atoms with van der Waals surface area (Å²) in [6.07, 6.45) is 5.09. The average molecular weight is 503 g/mol. The molecule has 6 rings (SSSR count). The molecule has 2 aliphatic heterocycles. The van der Waals surface area contributed by atoms with Crippen molar-refractivity contribution in [3.8, 4) is 22.5 Å². The number of carboxylic acid groups (broad SMARTS) is 1. The summed E-state index contributed by atoms with van der Waals surface area (Å²) < 4.78 is 7.74. The van der Waals surface area contributed by atoms with E-state index in [0.717, 1.165) is 46.4 Å². The van der Waals surface area contributed by atoms with Gasteiger partial charge in [0.15, 0.2) is 0 Å². The van der Waals surface area contributed by atoms with E-state index in [2.05, 4.69) is 20.6 Å². The van der Waals surface area contributed by atoms with E-state index < -0.39 is 5.97 Å². The van der Waals surface area contributed by atoms with Crippen LogP contribution in [-0.4, -0.2) is 56.6 Å². The number of ether oxygens (including phenoxy) is 1. The Kier molecular flexibility index (Phi) is 7.10. The van der Waals surface area contributed by atoms with Crippen LogP contribution in [-0.2, 0) is 16.1 Å². The Labute approximate surface area is 232 Å². The van der Waals surface area contributed by atoms with Crippen molar-refractivity contribution in [2.24, 2.45) is 0 Å². The third kappa shape index (κ3) is 4.41. The van der Waals surface area contributed by atoms with Gasteiger partial charge in [0.05, 0.1) is 35.3 Å². The summed E-state index contributed by atoms with van der Waals surface area (Å²) in [5.74, 6) is -0.0147. The molecule has 38 heavy (non-hydrogen) atoms. The summed E-state index contributed by atoms with van der Waals surface area (Å²) in [6.45, 7) is 3.84. The van der Waals surface area contributed by atoms with Gasteiger partial charge >= 0.3 is 18.9 Å². The Morgan fingerprint density at radius 2 is 1.89 bits per heavy atom. The number of hydrogen-bond acceptors (Lipinski definition) is 7. The van der Waals surface area contributed by atoms with Crippen LogP contribution in [0.3, 0.4) is 0 Å². The van der Waals surface area contributed by atoms with Crippen molar-refractivity contribution in [2.45, 2.75) is 38.3 Å². The molecular formula is C28H26LiN5O4. The van der Waals surface area contributed by atoms with Gasteiger partial charge in [-0.2, -0.15) is 0 Å². The number of carboxylic acids is 1. The number of benzene rings is 1. The van der Waals surface area contributed by atoms with Crippen LogP contribution in [0.5, 0.6) is 0 Å². The molecule has 0 N–H and O–H groups in total. The maximum Gasteiger partial charge on any atom is 1.00 e. The second-order valence-corrected chi connectivity index (χ2v) is 9.71. The number of carbonyl (C=O) groups is 2. The molecule has 9 nitrogen and oxygen atoms in total. The van der Waals surface area contributed by atoms with Gasteiger partial charge in [0, 0.05) is 55.1 Å². The molecule has 0 saturated carbocycles. The third-order valence-electron chi connectivity index (χ3n) is 7.42. The Morgan fingerprint density at radius 1 is 1.11 bits per heavy atom. The number of imidazole rings is 1. The van der Waals surface area contributed by atoms with Gasteiger partial charge < -0.3 is 24.1 Å². The van der Waals surface area contributed by atoms with Crippen molar-refractivity contribution in [1.29, 1.82) is 0 Å². The Hall–Kier alpha value is -3.51. The quantitative estimate of drug-likeness (QED) is 0.359. The molecule has 0 bridgehead atoms. The maximum absolute atomic E-state index is 12.9. The number of hydrogen-bond donors (Lipinski definition) is 0. The normalized spacial score (nSPS) is 17.8. The van der Waals surface area contributed by atoms with E-state index in [9.17, 15) is 14.7 Å². The molecule has 5 heterocycles. The SMILES string of the molecule is C[C@@H]1C(=O)N(C)Cc2c(-c3cccc4cc(-c5ccc(C(=O)[O-])nc5)ncc34)nc(C3CCOCC3)n21.[Li+]. The number of aromatic nitrogens is 4. The third-order valence-corrected chi connectivity index (χ3v) is 7.42. The number of fused-ring (bicyclic) bond motifs is 2. The summed E-state index contributed by atoms with van der Waals surface area (Å²) in [5, 5.41) is 13.0. The van der Waals surface area contributed by atoms with Crippen LogP contribution in [0.4, 0.5) is 0 Å². The number of pyridine rings is 2. The van der Waals surface area contributed by atoms with Gasteiger partial charge in [-0.1, -0.05) is 18.2 Å². The fourth-order valence-corrected chi connectivity index (χ4v) is 5.46. The molecule has 1 saturated heterocycles. The summed E-state index contributed by atoms with van der Waals surface area (Å²) in [5.41, 5.74) is 4.18. The van der Waals surface area contributed by atoms with Crippen LogP contribution in [0.15, 0.2) is 48.8 Å². The molecule has 1 aromatic carbocycles. The van der Waals surface area contributed by atoms with Crippen LogP contribution in [0.25, 0.3) is 33.3 Å². The van der Waals surface area contributed by atoms with Gasteiger partial charge in [-0.15, -0.1) is 0 Å². The van der Waals surface area contributed by atoms with Crippen molar-refractivity contribution in [3.05, 3.63) is 66.0 Å². The standard InChI is InChI=1S/C28H27N5O4.Li/c1-16-27(34)32(2)15-24-25(31-26(33(16)24)17-8-10-37-11-9-17)20-5-3-4-18-12-23(30-14-21(18)20)19-6-7-22(28(35)36)29-13-19;/h3-7,12-14,16-17H,8-11,15H2,1-2H3,(H,35,36);/q;+1/p-1/t16-;/m1./s1. The molecule has 188 valence electrons. The van der Waals surface area contributed by atoms with E-state index in [1.165, 1.54) is 12.3 Å². The average Bonchev–Trinajstić information content (AvgIpc) is 3.30. The van der Waals surface area contributed by atoms with Crippen molar-refractivity contribution in [1.82, 2.24) is 24.4 Å². The second kappa shape index (κ2) is 10.3. The first-order chi connectivity index (χ1) is 17.9. The number of amides is 1. The zero-order valence-electron chi connectivity index (χ0n) is 21.7. The van der Waals surface area contributed by atoms with E-state index in [4.69, 9.17) is 9.72 Å². The van der Waals surface area contributed by atoms with Gasteiger partial charge in [0.2, 0.25) is 5.91 Å². The number of carbonyl (C=O) groups excluding carboxylic acids is 2. The summed E-state index contributed by atoms with van der Waals surface area (Å²) >= 11 is 0. The molecule has 2 aliphatic rings. The molecule has 0 aliphatic carbocycles. The van der Waals surface area contributed by atoms with E-state index in [1.54, 1.807) is 11.0 Å². The summed E-state index contributed by atoms with van der Waals surface area (Å²) in [7, 11) is 1.84. The van der Waals surface area contributed by atoms with Crippen molar-refractivity contribution in [3.63, 3.8) is 0 Å². The topological polar surface area (TPSA) is 113 Å². The van der Waals surface area contributed by atoms with Crippen LogP contribution < -0.4 is 24.0 Å². The minimum Gasteiger partial charge on any atom is -0.543 e. The minimum absolute atomic E-state index is 0. The van der Waals surface area contributed by atoms with E-state index >= 15 is 0 Å². The zero-order chi connectivity index (χ0) is 25.7. The van der Waals surface area contributed by atoms with Crippen molar-refractivity contribution < 1.29 is 38.3 Å². The summed E-state index contributed by atoms with van der Waals surface area (Å²) in [6, 6.07) is 10.8. The van der Waals surface area contributed by atoms with Crippen molar-refractivity contribution in [2.75, 3.05) is 20.3 Å². The number of likely N-dealkylation sites (N-methyl/N-ethyl adjacent to an activating group) is 1. The molecule has 0 spiro atoms. The molecule has 0 radical (unpaired) electrons. The first-order valence-corrected chi connectivity index (χ1v) is 12.4. The summed E-state index contributed by atoms with van der Waals surface area (Å²) in [4.78, 5) is 39.5. The Morgan fingerprint density at radius 3 is 2.61 bits per heavy atom. The van der Waals surface area contributed by atoms with Crippen LogP contribution in [0.2, 0.25) is 0 Å². The molecule has 1 atom stereocenters. The van der Waals surface area contributed by atoms with Gasteiger partial charge in [0.25, 0.3) is 0 Å². The maximum atomic E-state index is 12.9. The first-order valence-electron chi connectivity index (χ1n) is 12.4. The molecule has 1 fully saturated rings. The van der Waals surface area contributed by atoms with Crippen LogP contribution in [0.1, 0.15) is 53.7 Å². The second-order valence-electron chi connectivity index (χ2n) is 9.71. The smallest absolute Gasteiger partial charge is 0.543 e. The number of nitrogens with zero attached hydrogens (tertiary/aromatic N) is 5. The molecule has 3 aromatic heterocycles. The fraction of sp³-hybridized carbons (Fsp3) is 0.321. The molecule has 0 unspecified atom stereocenters. The molecule has 1 amide bonds. The molecule has 10 heteroatoms. The van der Waals surface area contributed by atoms with Crippen LogP contribution in [0, 0.1) is 0 Å².